The Bertz CT molecular complexity index is 641. The molecule has 6 heteroatoms. The molecule has 6 nitrogen and oxygen atoms in total. The molecule has 3 rings (SSSR count). The van der Waals surface area contributed by atoms with Crippen molar-refractivity contribution in [1.29, 1.82) is 0 Å². The quantitative estimate of drug-likeness (QED) is 0.794. The van der Waals surface area contributed by atoms with Gasteiger partial charge in [-0.1, -0.05) is 0 Å². The highest BCUT2D eigenvalue weighted by Crippen LogP contribution is 2.33. The van der Waals surface area contributed by atoms with Gasteiger partial charge in [-0.15, -0.1) is 0 Å². The summed E-state index contributed by atoms with van der Waals surface area (Å²) in [6.07, 6.45) is 4.97. The summed E-state index contributed by atoms with van der Waals surface area (Å²) >= 11 is 0. The Hall–Kier alpha value is -2.08. The van der Waals surface area contributed by atoms with E-state index in [1.54, 1.807) is 7.11 Å². The summed E-state index contributed by atoms with van der Waals surface area (Å²) in [5.74, 6) is 2.60. The van der Waals surface area contributed by atoms with Crippen LogP contribution in [0.3, 0.4) is 0 Å². The Kier molecular flexibility index (Phi) is 4.58. The number of rotatable bonds is 6. The Morgan fingerprint density at radius 2 is 2.23 bits per heavy atom. The largest absolute Gasteiger partial charge is 0.493 e. The highest BCUT2D eigenvalue weighted by molar-refractivity contribution is 5.90. The van der Waals surface area contributed by atoms with Crippen molar-refractivity contribution in [2.75, 3.05) is 32.5 Å². The topological polar surface area (TPSA) is 82.3 Å². The molecule has 1 saturated heterocycles. The van der Waals surface area contributed by atoms with Gasteiger partial charge in [0.25, 0.3) is 0 Å². The summed E-state index contributed by atoms with van der Waals surface area (Å²) in [5, 5.41) is 4.17. The van der Waals surface area contributed by atoms with Gasteiger partial charge in [-0.2, -0.15) is 0 Å². The van der Waals surface area contributed by atoms with Crippen LogP contribution in [0.5, 0.6) is 11.5 Å². The highest BCUT2D eigenvalue weighted by Gasteiger charge is 2.14. The van der Waals surface area contributed by atoms with Gasteiger partial charge in [-0.25, -0.2) is 9.97 Å². The van der Waals surface area contributed by atoms with Gasteiger partial charge in [-0.05, 0) is 44.3 Å². The van der Waals surface area contributed by atoms with Gasteiger partial charge < -0.3 is 20.5 Å². The second-order valence-electron chi connectivity index (χ2n) is 5.63. The number of nitrogens with two attached hydrogens (primary N) is 1. The molecule has 0 amide bonds. The standard InChI is InChI=1S/C16H22N4O2/c1-21-14-7-12-13(19-10-20-16(12)17)8-15(14)22-6-2-3-11-4-5-18-9-11/h7-8,10-11,18H,2-6,9H2,1H3,(H2,17,19,20). The average Bonchev–Trinajstić information content (AvgIpc) is 3.04. The first kappa shape index (κ1) is 14.8. The van der Waals surface area contributed by atoms with Gasteiger partial charge in [0, 0.05) is 11.5 Å². The van der Waals surface area contributed by atoms with E-state index in [0.29, 0.717) is 23.9 Å². The van der Waals surface area contributed by atoms with Crippen LogP contribution < -0.4 is 20.5 Å². The molecular formula is C16H22N4O2. The molecule has 2 heterocycles. The third-order valence-corrected chi connectivity index (χ3v) is 4.13. The zero-order valence-electron chi connectivity index (χ0n) is 12.8. The number of nitrogens with one attached hydrogen (secondary N) is 1. The van der Waals surface area contributed by atoms with Crippen molar-refractivity contribution in [1.82, 2.24) is 15.3 Å². The van der Waals surface area contributed by atoms with Crippen LogP contribution in [-0.2, 0) is 0 Å². The maximum absolute atomic E-state index is 5.89. The molecule has 0 bridgehead atoms. The first-order valence-electron chi connectivity index (χ1n) is 7.69. The molecule has 1 aromatic carbocycles. The van der Waals surface area contributed by atoms with Crippen molar-refractivity contribution in [3.8, 4) is 11.5 Å². The number of hydrogen-bond acceptors (Lipinski definition) is 6. The predicted molar refractivity (Wildman–Crippen MR) is 86.2 cm³/mol. The molecule has 2 aromatic rings. The first-order valence-corrected chi connectivity index (χ1v) is 7.69. The monoisotopic (exact) mass is 302 g/mol. The molecule has 1 fully saturated rings. The van der Waals surface area contributed by atoms with Gasteiger partial charge in [0.15, 0.2) is 11.5 Å². The summed E-state index contributed by atoms with van der Waals surface area (Å²) in [7, 11) is 1.62. The van der Waals surface area contributed by atoms with Gasteiger partial charge >= 0.3 is 0 Å². The highest BCUT2D eigenvalue weighted by atomic mass is 16.5. The lowest BCUT2D eigenvalue weighted by molar-refractivity contribution is 0.278. The summed E-state index contributed by atoms with van der Waals surface area (Å²) in [6, 6.07) is 3.70. The minimum absolute atomic E-state index is 0.448. The number of aromatic nitrogens is 2. The van der Waals surface area contributed by atoms with E-state index in [9.17, 15) is 0 Å². The molecule has 22 heavy (non-hydrogen) atoms. The SMILES string of the molecule is COc1cc2c(N)ncnc2cc1OCCCC1CCNC1. The van der Waals surface area contributed by atoms with Crippen molar-refractivity contribution >= 4 is 16.7 Å². The van der Waals surface area contributed by atoms with E-state index in [-0.39, 0.29) is 0 Å². The van der Waals surface area contributed by atoms with E-state index in [1.807, 2.05) is 12.1 Å². The van der Waals surface area contributed by atoms with Gasteiger partial charge in [0.05, 0.1) is 19.2 Å². The zero-order valence-corrected chi connectivity index (χ0v) is 12.8. The lowest BCUT2D eigenvalue weighted by atomic mass is 10.0. The van der Waals surface area contributed by atoms with Gasteiger partial charge in [0.2, 0.25) is 0 Å². The van der Waals surface area contributed by atoms with Crippen LogP contribution in [0.15, 0.2) is 18.5 Å². The summed E-state index contributed by atoms with van der Waals surface area (Å²) in [6.45, 7) is 2.96. The maximum Gasteiger partial charge on any atom is 0.163 e. The van der Waals surface area contributed by atoms with E-state index in [2.05, 4.69) is 15.3 Å². The van der Waals surface area contributed by atoms with Gasteiger partial charge in [0.1, 0.15) is 12.1 Å². The van der Waals surface area contributed by atoms with Crippen molar-refractivity contribution in [2.45, 2.75) is 19.3 Å². The van der Waals surface area contributed by atoms with Crippen LogP contribution in [0.1, 0.15) is 19.3 Å². The van der Waals surface area contributed by atoms with E-state index in [1.165, 1.54) is 19.2 Å². The van der Waals surface area contributed by atoms with E-state index in [0.717, 1.165) is 36.3 Å². The summed E-state index contributed by atoms with van der Waals surface area (Å²) in [5.41, 5.74) is 6.63. The molecule has 0 radical (unpaired) electrons. The fourth-order valence-electron chi connectivity index (χ4n) is 2.87. The summed E-state index contributed by atoms with van der Waals surface area (Å²) in [4.78, 5) is 8.23. The van der Waals surface area contributed by atoms with Crippen LogP contribution in [0.25, 0.3) is 10.9 Å². The third-order valence-electron chi connectivity index (χ3n) is 4.13. The Morgan fingerprint density at radius 3 is 3.00 bits per heavy atom. The molecule has 1 aromatic heterocycles. The lowest BCUT2D eigenvalue weighted by Crippen LogP contribution is -2.10. The Labute approximate surface area is 130 Å². The van der Waals surface area contributed by atoms with Gasteiger partial charge in [-0.3, -0.25) is 0 Å². The molecule has 0 saturated carbocycles. The third kappa shape index (κ3) is 3.22. The molecule has 0 aliphatic carbocycles. The zero-order chi connectivity index (χ0) is 15.4. The Morgan fingerprint density at radius 1 is 1.32 bits per heavy atom. The van der Waals surface area contributed by atoms with Crippen molar-refractivity contribution in [2.24, 2.45) is 5.92 Å². The number of nitrogens with zero attached hydrogens (tertiary/aromatic N) is 2. The van der Waals surface area contributed by atoms with Crippen LogP contribution >= 0.6 is 0 Å². The molecule has 1 aliphatic heterocycles. The fraction of sp³-hybridized carbons (Fsp3) is 0.500. The number of nitrogen functional groups attached to an aromatic ring is 1. The van der Waals surface area contributed by atoms with Crippen LogP contribution in [0, 0.1) is 5.92 Å². The van der Waals surface area contributed by atoms with E-state index < -0.39 is 0 Å². The second-order valence-corrected chi connectivity index (χ2v) is 5.63. The number of ether oxygens (including phenoxy) is 2. The molecule has 0 spiro atoms. The Balaban J connectivity index is 1.66. The van der Waals surface area contributed by atoms with Crippen LogP contribution in [-0.4, -0.2) is 36.8 Å². The second kappa shape index (κ2) is 6.79. The minimum atomic E-state index is 0.448. The predicted octanol–water partition coefficient (Wildman–Crippen LogP) is 1.99. The molecule has 3 N–H and O–H groups in total. The average molecular weight is 302 g/mol. The van der Waals surface area contributed by atoms with Crippen molar-refractivity contribution in [3.05, 3.63) is 18.5 Å². The number of methoxy groups -OCH3 is 1. The molecule has 118 valence electrons. The van der Waals surface area contributed by atoms with Crippen molar-refractivity contribution < 1.29 is 9.47 Å². The number of fused-ring (bicyclic) bond motifs is 1. The van der Waals surface area contributed by atoms with Crippen molar-refractivity contribution in [3.63, 3.8) is 0 Å². The fourth-order valence-corrected chi connectivity index (χ4v) is 2.87. The van der Waals surface area contributed by atoms with E-state index >= 15 is 0 Å². The molecular weight excluding hydrogens is 280 g/mol. The first-order chi connectivity index (χ1) is 10.8. The number of benzene rings is 1. The maximum atomic E-state index is 5.89. The molecule has 1 atom stereocenters. The lowest BCUT2D eigenvalue weighted by Gasteiger charge is -2.13. The number of hydrogen-bond donors (Lipinski definition) is 2. The van der Waals surface area contributed by atoms with Crippen LogP contribution in [0.2, 0.25) is 0 Å². The number of anilines is 1. The van der Waals surface area contributed by atoms with E-state index in [4.69, 9.17) is 15.2 Å². The summed E-state index contributed by atoms with van der Waals surface area (Å²) < 4.78 is 11.3. The normalized spacial score (nSPS) is 17.8. The smallest absolute Gasteiger partial charge is 0.163 e. The molecule has 1 unspecified atom stereocenters. The minimum Gasteiger partial charge on any atom is -0.493 e. The van der Waals surface area contributed by atoms with Crippen LogP contribution in [0.4, 0.5) is 5.82 Å². The molecule has 1 aliphatic rings.